The zero-order valence-electron chi connectivity index (χ0n) is 22.1. The molecule has 0 aliphatic heterocycles. The molecule has 1 aliphatic carbocycles. The molecule has 37 heavy (non-hydrogen) atoms. The molecule has 2 amide bonds. The lowest BCUT2D eigenvalue weighted by Crippen LogP contribution is -2.53. The third-order valence-corrected chi connectivity index (χ3v) is 8.24. The average Bonchev–Trinajstić information content (AvgIpc) is 3.35. The van der Waals surface area contributed by atoms with Crippen LogP contribution in [0.1, 0.15) is 69.9 Å². The third kappa shape index (κ3) is 7.71. The first-order chi connectivity index (χ1) is 17.5. The van der Waals surface area contributed by atoms with Crippen LogP contribution in [0.2, 0.25) is 5.02 Å². The molecule has 0 spiro atoms. The molecule has 0 aromatic heterocycles. The molecular formula is C28H38ClN3O4S. The summed E-state index contributed by atoms with van der Waals surface area (Å²) in [5, 5.41) is 3.68. The predicted octanol–water partition coefficient (Wildman–Crippen LogP) is 5.10. The Balaban J connectivity index is 1.96. The molecule has 0 unspecified atom stereocenters. The molecule has 0 saturated heterocycles. The van der Waals surface area contributed by atoms with Gasteiger partial charge in [-0.3, -0.25) is 13.9 Å². The smallest absolute Gasteiger partial charge is 0.244 e. The number of amides is 2. The van der Waals surface area contributed by atoms with E-state index in [-0.39, 0.29) is 24.4 Å². The van der Waals surface area contributed by atoms with Crippen LogP contribution in [-0.4, -0.2) is 50.0 Å². The number of sulfonamides is 1. The van der Waals surface area contributed by atoms with E-state index in [4.69, 9.17) is 11.6 Å². The zero-order chi connectivity index (χ0) is 27.2. The molecule has 2 aromatic carbocycles. The lowest BCUT2D eigenvalue weighted by Gasteiger charge is -2.34. The first-order valence-corrected chi connectivity index (χ1v) is 15.1. The lowest BCUT2D eigenvalue weighted by molar-refractivity contribution is -0.140. The summed E-state index contributed by atoms with van der Waals surface area (Å²) in [6, 6.07) is 13.7. The SMILES string of the molecule is CC[C@@H](C(=O)NC1CCCC1)N(Cc1ccc(Cl)cc1)C(=O)CN(c1ccccc1C(C)C)S(C)(=O)=O. The Labute approximate surface area is 226 Å². The van der Waals surface area contributed by atoms with Gasteiger partial charge in [-0.15, -0.1) is 0 Å². The van der Waals surface area contributed by atoms with Crippen molar-refractivity contribution in [1.82, 2.24) is 10.2 Å². The average molecular weight is 548 g/mol. The van der Waals surface area contributed by atoms with E-state index in [2.05, 4.69) is 5.32 Å². The second-order valence-corrected chi connectivity index (χ2v) is 12.4. The molecule has 202 valence electrons. The maximum absolute atomic E-state index is 13.9. The molecule has 0 bridgehead atoms. The summed E-state index contributed by atoms with van der Waals surface area (Å²) in [4.78, 5) is 28.7. The first-order valence-electron chi connectivity index (χ1n) is 12.9. The van der Waals surface area contributed by atoms with Crippen LogP contribution in [0.5, 0.6) is 0 Å². The Morgan fingerprint density at radius 1 is 1.05 bits per heavy atom. The number of carbonyl (C=O) groups excluding carboxylic acids is 2. The van der Waals surface area contributed by atoms with E-state index in [1.165, 1.54) is 4.90 Å². The van der Waals surface area contributed by atoms with Crippen molar-refractivity contribution in [2.45, 2.75) is 77.4 Å². The number of anilines is 1. The molecule has 3 rings (SSSR count). The van der Waals surface area contributed by atoms with Gasteiger partial charge in [0, 0.05) is 17.6 Å². The van der Waals surface area contributed by atoms with Gasteiger partial charge in [0.1, 0.15) is 12.6 Å². The molecule has 7 nitrogen and oxygen atoms in total. The molecule has 1 atom stereocenters. The maximum Gasteiger partial charge on any atom is 0.244 e. The van der Waals surface area contributed by atoms with Gasteiger partial charge >= 0.3 is 0 Å². The molecule has 0 heterocycles. The van der Waals surface area contributed by atoms with E-state index in [0.29, 0.717) is 17.1 Å². The van der Waals surface area contributed by atoms with E-state index in [1.807, 2.05) is 45.0 Å². The quantitative estimate of drug-likeness (QED) is 0.424. The van der Waals surface area contributed by atoms with Crippen molar-refractivity contribution in [1.29, 1.82) is 0 Å². The summed E-state index contributed by atoms with van der Waals surface area (Å²) in [6.07, 6.45) is 5.52. The highest BCUT2D eigenvalue weighted by Crippen LogP contribution is 2.29. The van der Waals surface area contributed by atoms with E-state index >= 15 is 0 Å². The van der Waals surface area contributed by atoms with E-state index in [9.17, 15) is 18.0 Å². The summed E-state index contributed by atoms with van der Waals surface area (Å²) in [5.74, 6) is -0.584. The van der Waals surface area contributed by atoms with E-state index < -0.39 is 28.5 Å². The number of para-hydroxylation sites is 1. The van der Waals surface area contributed by atoms with Crippen molar-refractivity contribution in [2.75, 3.05) is 17.1 Å². The molecule has 2 aromatic rings. The van der Waals surface area contributed by atoms with Gasteiger partial charge in [-0.25, -0.2) is 8.42 Å². The topological polar surface area (TPSA) is 86.8 Å². The highest BCUT2D eigenvalue weighted by molar-refractivity contribution is 7.92. The van der Waals surface area contributed by atoms with E-state index in [0.717, 1.165) is 47.4 Å². The van der Waals surface area contributed by atoms with Gasteiger partial charge in [0.05, 0.1) is 11.9 Å². The molecule has 9 heteroatoms. The molecule has 0 radical (unpaired) electrons. The van der Waals surface area contributed by atoms with Gasteiger partial charge in [-0.05, 0) is 54.5 Å². The number of rotatable bonds is 11. The molecule has 1 saturated carbocycles. The van der Waals surface area contributed by atoms with Crippen LogP contribution in [0, 0.1) is 0 Å². The summed E-state index contributed by atoms with van der Waals surface area (Å²) in [6.45, 7) is 5.59. The molecular weight excluding hydrogens is 510 g/mol. The normalized spacial score (nSPS) is 15.0. The first kappa shape index (κ1) is 29.0. The molecule has 1 fully saturated rings. The third-order valence-electron chi connectivity index (χ3n) is 6.86. The molecule has 1 N–H and O–H groups in total. The maximum atomic E-state index is 13.9. The summed E-state index contributed by atoms with van der Waals surface area (Å²) < 4.78 is 27.0. The monoisotopic (exact) mass is 547 g/mol. The molecule has 1 aliphatic rings. The number of hydrogen-bond donors (Lipinski definition) is 1. The van der Waals surface area contributed by atoms with Crippen molar-refractivity contribution < 1.29 is 18.0 Å². The van der Waals surface area contributed by atoms with Gasteiger partial charge in [0.25, 0.3) is 0 Å². The van der Waals surface area contributed by atoms with Crippen molar-refractivity contribution in [3.8, 4) is 0 Å². The standard InChI is InChI=1S/C28H38ClN3O4S/c1-5-25(28(34)30-23-10-6-7-11-23)31(18-21-14-16-22(29)17-15-21)27(33)19-32(37(4,35)36)26-13-9-8-12-24(26)20(2)3/h8-9,12-17,20,23,25H,5-7,10-11,18-19H2,1-4H3,(H,30,34)/t25-/m0/s1. The van der Waals surface area contributed by atoms with Crippen LogP contribution >= 0.6 is 11.6 Å². The largest absolute Gasteiger partial charge is 0.352 e. The number of hydrogen-bond acceptors (Lipinski definition) is 4. The van der Waals surface area contributed by atoms with Crippen LogP contribution in [0.15, 0.2) is 48.5 Å². The summed E-state index contributed by atoms with van der Waals surface area (Å²) in [5.41, 5.74) is 2.11. The number of carbonyl (C=O) groups is 2. The number of nitrogens with one attached hydrogen (secondary N) is 1. The predicted molar refractivity (Wildman–Crippen MR) is 149 cm³/mol. The Hall–Kier alpha value is -2.58. The highest BCUT2D eigenvalue weighted by atomic mass is 35.5. The summed E-state index contributed by atoms with van der Waals surface area (Å²) >= 11 is 6.06. The van der Waals surface area contributed by atoms with Gasteiger partial charge < -0.3 is 10.2 Å². The Bertz CT molecular complexity index is 1180. The number of benzene rings is 2. The van der Waals surface area contributed by atoms with Crippen molar-refractivity contribution in [3.05, 3.63) is 64.7 Å². The minimum Gasteiger partial charge on any atom is -0.352 e. The van der Waals surface area contributed by atoms with Crippen molar-refractivity contribution >= 4 is 39.1 Å². The van der Waals surface area contributed by atoms with Crippen LogP contribution < -0.4 is 9.62 Å². The Kier molecular flexibility index (Phi) is 10.0. The number of nitrogens with zero attached hydrogens (tertiary/aromatic N) is 2. The van der Waals surface area contributed by atoms with Crippen molar-refractivity contribution in [3.63, 3.8) is 0 Å². The van der Waals surface area contributed by atoms with E-state index in [1.54, 1.807) is 24.3 Å². The Morgan fingerprint density at radius 3 is 2.24 bits per heavy atom. The lowest BCUT2D eigenvalue weighted by atomic mass is 10.0. The van der Waals surface area contributed by atoms with Gasteiger partial charge in [-0.2, -0.15) is 0 Å². The van der Waals surface area contributed by atoms with Crippen LogP contribution in [0.25, 0.3) is 0 Å². The van der Waals surface area contributed by atoms with Gasteiger partial charge in [0.2, 0.25) is 21.8 Å². The number of halogens is 1. The van der Waals surface area contributed by atoms with Gasteiger partial charge in [0.15, 0.2) is 0 Å². The fourth-order valence-corrected chi connectivity index (χ4v) is 5.87. The van der Waals surface area contributed by atoms with Crippen LogP contribution in [0.3, 0.4) is 0 Å². The zero-order valence-corrected chi connectivity index (χ0v) is 23.7. The summed E-state index contributed by atoms with van der Waals surface area (Å²) in [7, 11) is -3.78. The fraction of sp³-hybridized carbons (Fsp3) is 0.500. The van der Waals surface area contributed by atoms with Gasteiger partial charge in [-0.1, -0.05) is 75.5 Å². The fourth-order valence-electron chi connectivity index (χ4n) is 4.87. The second kappa shape index (κ2) is 12.8. The van der Waals surface area contributed by atoms with Crippen LogP contribution in [0.4, 0.5) is 5.69 Å². The van der Waals surface area contributed by atoms with Crippen molar-refractivity contribution in [2.24, 2.45) is 0 Å². The second-order valence-electron chi connectivity index (χ2n) is 10.0. The minimum absolute atomic E-state index is 0.0568. The van der Waals surface area contributed by atoms with Crippen LogP contribution in [-0.2, 0) is 26.2 Å². The Morgan fingerprint density at radius 2 is 1.68 bits per heavy atom. The minimum atomic E-state index is -3.78. The highest BCUT2D eigenvalue weighted by Gasteiger charge is 2.33.